The van der Waals surface area contributed by atoms with Gasteiger partial charge in [-0.05, 0) is 80.7 Å². The highest BCUT2D eigenvalue weighted by Gasteiger charge is 2.64. The molecule has 30 heavy (non-hydrogen) atoms. The molecule has 2 aromatic carbocycles. The zero-order valence-electron chi connectivity index (χ0n) is 18.1. The van der Waals surface area contributed by atoms with E-state index in [2.05, 4.69) is 43.0 Å². The van der Waals surface area contributed by atoms with Crippen LogP contribution in [-0.2, 0) is 4.79 Å². The summed E-state index contributed by atoms with van der Waals surface area (Å²) in [6.07, 6.45) is 5.04. The van der Waals surface area contributed by atoms with Crippen LogP contribution in [0.15, 0.2) is 36.4 Å². The highest BCUT2D eigenvalue weighted by atomic mass is 16.5. The summed E-state index contributed by atoms with van der Waals surface area (Å²) in [6.45, 7) is 4.19. The van der Waals surface area contributed by atoms with Crippen LogP contribution in [-0.4, -0.2) is 34.7 Å². The normalized spacial score (nSPS) is 38.7. The monoisotopic (exact) mass is 405 g/mol. The van der Waals surface area contributed by atoms with E-state index in [4.69, 9.17) is 4.74 Å². The Bertz CT molecular complexity index is 1030. The molecule has 1 heterocycles. The Kier molecular flexibility index (Phi) is 3.74. The van der Waals surface area contributed by atoms with Crippen molar-refractivity contribution in [2.75, 3.05) is 7.11 Å². The van der Waals surface area contributed by atoms with Crippen molar-refractivity contribution >= 4 is 16.7 Å². The van der Waals surface area contributed by atoms with Crippen molar-refractivity contribution in [3.05, 3.63) is 42.0 Å². The number of fused-ring (bicyclic) bond motifs is 1. The molecule has 1 saturated heterocycles. The van der Waals surface area contributed by atoms with Crippen LogP contribution in [0.25, 0.3) is 10.8 Å². The summed E-state index contributed by atoms with van der Waals surface area (Å²) >= 11 is 0. The summed E-state index contributed by atoms with van der Waals surface area (Å²) in [5, 5.41) is 13.3. The number of carbonyl (C=O) groups is 1. The maximum Gasteiger partial charge on any atom is 0.231 e. The first kappa shape index (κ1) is 18.7. The average Bonchev–Trinajstić information content (AvgIpc) is 2.71. The molecule has 7 rings (SSSR count). The number of methoxy groups -OCH3 is 1. The SMILES string of the molecule is COc1ccc(C2N(C3[C@@H]4CC5C[C@H]3CC(O)(C5)C4)C(=O)C2(C)C)c2ccccc12. The first-order valence-electron chi connectivity index (χ1n) is 11.4. The number of likely N-dealkylation sites (tertiary alicyclic amines) is 1. The molecule has 0 spiro atoms. The quantitative estimate of drug-likeness (QED) is 0.753. The maximum atomic E-state index is 13.5. The molecule has 1 amide bonds. The summed E-state index contributed by atoms with van der Waals surface area (Å²) in [4.78, 5) is 15.7. The van der Waals surface area contributed by atoms with Crippen molar-refractivity contribution in [2.24, 2.45) is 23.2 Å². The lowest BCUT2D eigenvalue weighted by atomic mass is 9.50. The third kappa shape index (κ3) is 2.34. The Labute approximate surface area is 178 Å². The van der Waals surface area contributed by atoms with Gasteiger partial charge in [0, 0.05) is 11.4 Å². The molecule has 5 aliphatic rings. The van der Waals surface area contributed by atoms with Gasteiger partial charge in [-0.25, -0.2) is 0 Å². The summed E-state index contributed by atoms with van der Waals surface area (Å²) in [5.41, 5.74) is 0.338. The van der Waals surface area contributed by atoms with E-state index in [0.717, 1.165) is 30.4 Å². The summed E-state index contributed by atoms with van der Waals surface area (Å²) in [6, 6.07) is 12.9. The smallest absolute Gasteiger partial charge is 0.231 e. The van der Waals surface area contributed by atoms with Gasteiger partial charge >= 0.3 is 0 Å². The Morgan fingerprint density at radius 2 is 1.67 bits per heavy atom. The van der Waals surface area contributed by atoms with Crippen molar-refractivity contribution in [2.45, 2.75) is 63.6 Å². The second-order valence-electron chi connectivity index (χ2n) is 10.9. The van der Waals surface area contributed by atoms with E-state index in [1.807, 2.05) is 12.1 Å². The minimum atomic E-state index is -0.473. The van der Waals surface area contributed by atoms with Gasteiger partial charge in [0.1, 0.15) is 5.75 Å². The van der Waals surface area contributed by atoms with Crippen LogP contribution < -0.4 is 4.74 Å². The van der Waals surface area contributed by atoms with Crippen molar-refractivity contribution in [1.82, 2.24) is 4.90 Å². The van der Waals surface area contributed by atoms with Gasteiger partial charge < -0.3 is 14.7 Å². The number of rotatable bonds is 3. The average molecular weight is 406 g/mol. The van der Waals surface area contributed by atoms with Crippen molar-refractivity contribution < 1.29 is 14.6 Å². The summed E-state index contributed by atoms with van der Waals surface area (Å²) < 4.78 is 5.61. The van der Waals surface area contributed by atoms with Crippen LogP contribution in [0.4, 0.5) is 0 Å². The first-order valence-corrected chi connectivity index (χ1v) is 11.4. The number of aliphatic hydroxyl groups is 1. The predicted octanol–water partition coefficient (Wildman–Crippen LogP) is 4.70. The zero-order valence-corrected chi connectivity index (χ0v) is 18.1. The van der Waals surface area contributed by atoms with E-state index in [1.165, 1.54) is 23.8 Å². The third-order valence-corrected chi connectivity index (χ3v) is 8.69. The van der Waals surface area contributed by atoms with Crippen LogP contribution in [0.2, 0.25) is 0 Å². The Balaban J connectivity index is 1.45. The lowest BCUT2D eigenvalue weighted by Gasteiger charge is -2.66. The topological polar surface area (TPSA) is 49.8 Å². The molecule has 4 unspecified atom stereocenters. The second kappa shape index (κ2) is 6.00. The molecule has 1 N–H and O–H groups in total. The lowest BCUT2D eigenvalue weighted by molar-refractivity contribution is -0.208. The molecule has 4 bridgehead atoms. The Hall–Kier alpha value is -2.07. The second-order valence-corrected chi connectivity index (χ2v) is 10.9. The van der Waals surface area contributed by atoms with Crippen molar-refractivity contribution in [1.29, 1.82) is 0 Å². The number of ether oxygens (including phenoxy) is 1. The third-order valence-electron chi connectivity index (χ3n) is 8.69. The fourth-order valence-corrected chi connectivity index (χ4v) is 7.81. The summed E-state index contributed by atoms with van der Waals surface area (Å²) in [7, 11) is 1.71. The van der Waals surface area contributed by atoms with Crippen LogP contribution in [0.3, 0.4) is 0 Å². The summed E-state index contributed by atoms with van der Waals surface area (Å²) in [5.74, 6) is 2.67. The minimum absolute atomic E-state index is 0.0676. The van der Waals surface area contributed by atoms with E-state index in [0.29, 0.717) is 17.8 Å². The Morgan fingerprint density at radius 1 is 1.00 bits per heavy atom. The van der Waals surface area contributed by atoms with Crippen LogP contribution >= 0.6 is 0 Å². The van der Waals surface area contributed by atoms with Gasteiger partial charge in [-0.3, -0.25) is 4.79 Å². The molecule has 4 nitrogen and oxygen atoms in total. The molecule has 4 saturated carbocycles. The number of hydrogen-bond acceptors (Lipinski definition) is 3. The van der Waals surface area contributed by atoms with Gasteiger partial charge in [-0.15, -0.1) is 0 Å². The predicted molar refractivity (Wildman–Crippen MR) is 116 cm³/mol. The van der Waals surface area contributed by atoms with Gasteiger partial charge in [0.15, 0.2) is 0 Å². The molecular weight excluding hydrogens is 374 g/mol. The number of hydrogen-bond donors (Lipinski definition) is 1. The van der Waals surface area contributed by atoms with Crippen molar-refractivity contribution in [3.63, 3.8) is 0 Å². The molecule has 0 aromatic heterocycles. The number of amides is 1. The maximum absolute atomic E-state index is 13.5. The van der Waals surface area contributed by atoms with Crippen LogP contribution in [0.1, 0.15) is 57.6 Å². The fourth-order valence-electron chi connectivity index (χ4n) is 7.81. The zero-order chi connectivity index (χ0) is 20.8. The number of benzene rings is 2. The largest absolute Gasteiger partial charge is 0.496 e. The molecule has 1 aliphatic heterocycles. The van der Waals surface area contributed by atoms with E-state index in [-0.39, 0.29) is 18.0 Å². The molecule has 4 aliphatic carbocycles. The van der Waals surface area contributed by atoms with Gasteiger partial charge in [0.05, 0.1) is 24.2 Å². The molecule has 0 radical (unpaired) electrons. The Morgan fingerprint density at radius 3 is 2.30 bits per heavy atom. The van der Waals surface area contributed by atoms with Gasteiger partial charge in [-0.2, -0.15) is 0 Å². The van der Waals surface area contributed by atoms with Gasteiger partial charge in [-0.1, -0.05) is 30.3 Å². The number of β-lactam (4-membered cyclic amide) rings is 1. The number of nitrogens with zero attached hydrogens (tertiary/aromatic N) is 1. The van der Waals surface area contributed by atoms with E-state index in [9.17, 15) is 9.90 Å². The van der Waals surface area contributed by atoms with Gasteiger partial charge in [0.2, 0.25) is 5.91 Å². The molecule has 5 fully saturated rings. The van der Waals surface area contributed by atoms with Crippen LogP contribution in [0.5, 0.6) is 5.75 Å². The molecular formula is C26H31NO3. The highest BCUT2D eigenvalue weighted by molar-refractivity contribution is 5.96. The van der Waals surface area contributed by atoms with Crippen molar-refractivity contribution in [3.8, 4) is 5.75 Å². The molecule has 6 atom stereocenters. The number of carbonyl (C=O) groups excluding carboxylic acids is 1. The molecule has 4 heteroatoms. The minimum Gasteiger partial charge on any atom is -0.496 e. The van der Waals surface area contributed by atoms with Gasteiger partial charge in [0.25, 0.3) is 0 Å². The molecule has 158 valence electrons. The first-order chi connectivity index (χ1) is 14.3. The van der Waals surface area contributed by atoms with E-state index >= 15 is 0 Å². The standard InChI is InChI=1S/C26H31NO3/c1-25(2)23(20-8-9-21(30-3)19-7-5-4-6-18(19)20)27(24(25)28)22-16-10-15-11-17(22)14-26(29,12-15)13-16/h4-9,15-17,22-23,29H,10-14H2,1-3H3/t15?,16-,17+,22?,23?,26?. The van der Waals surface area contributed by atoms with E-state index in [1.54, 1.807) is 7.11 Å². The van der Waals surface area contributed by atoms with Crippen LogP contribution in [0, 0.1) is 23.2 Å². The lowest BCUT2D eigenvalue weighted by Crippen LogP contribution is -2.71. The highest BCUT2D eigenvalue weighted by Crippen LogP contribution is 2.62. The van der Waals surface area contributed by atoms with E-state index < -0.39 is 11.0 Å². The molecule has 2 aromatic rings. The fraction of sp³-hybridized carbons (Fsp3) is 0.577.